The van der Waals surface area contributed by atoms with E-state index in [9.17, 15) is 0 Å². The van der Waals surface area contributed by atoms with Crippen molar-refractivity contribution in [3.8, 4) is 0 Å². The van der Waals surface area contributed by atoms with Crippen LogP contribution in [-0.4, -0.2) is 43.6 Å². The molecule has 1 aliphatic heterocycles. The summed E-state index contributed by atoms with van der Waals surface area (Å²) in [7, 11) is 0. The van der Waals surface area contributed by atoms with Crippen LogP contribution >= 0.6 is 0 Å². The molecule has 19 heavy (non-hydrogen) atoms. The number of unbranched alkanes of at least 4 members (excludes halogenated alkanes) is 1. The van der Waals surface area contributed by atoms with E-state index in [4.69, 9.17) is 5.73 Å². The average Bonchev–Trinajstić information content (AvgIpc) is 2.36. The molecule has 1 unspecified atom stereocenters. The van der Waals surface area contributed by atoms with E-state index in [2.05, 4.69) is 36.0 Å². The summed E-state index contributed by atoms with van der Waals surface area (Å²) < 4.78 is 0. The molecule has 0 aromatic heterocycles. The van der Waals surface area contributed by atoms with Crippen LogP contribution in [0.15, 0.2) is 4.99 Å². The summed E-state index contributed by atoms with van der Waals surface area (Å²) in [5.74, 6) is 2.05. The minimum atomic E-state index is 0.571. The molecule has 112 valence electrons. The lowest BCUT2D eigenvalue weighted by Gasteiger charge is -2.30. The first-order chi connectivity index (χ1) is 9.08. The third-order valence-electron chi connectivity index (χ3n) is 3.58. The third-order valence-corrected chi connectivity index (χ3v) is 3.58. The zero-order chi connectivity index (χ0) is 14.1. The van der Waals surface area contributed by atoms with Crippen molar-refractivity contribution in [2.45, 2.75) is 46.5 Å². The van der Waals surface area contributed by atoms with Crippen LogP contribution in [0.5, 0.6) is 0 Å². The number of likely N-dealkylation sites (tertiary alicyclic amines) is 1. The second-order valence-corrected chi connectivity index (χ2v) is 6.30. The van der Waals surface area contributed by atoms with Crippen molar-refractivity contribution in [1.29, 1.82) is 0 Å². The number of hydrogen-bond acceptors (Lipinski definition) is 2. The normalized spacial score (nSPS) is 21.9. The van der Waals surface area contributed by atoms with Gasteiger partial charge in [0.1, 0.15) is 0 Å². The molecule has 1 aliphatic rings. The highest BCUT2D eigenvalue weighted by Gasteiger charge is 2.15. The number of piperidine rings is 1. The summed E-state index contributed by atoms with van der Waals surface area (Å²) in [6.45, 7) is 12.2. The van der Waals surface area contributed by atoms with Gasteiger partial charge in [0.25, 0.3) is 0 Å². The zero-order valence-corrected chi connectivity index (χ0v) is 13.0. The van der Waals surface area contributed by atoms with Crippen LogP contribution < -0.4 is 11.1 Å². The highest BCUT2D eigenvalue weighted by Crippen LogP contribution is 2.15. The highest BCUT2D eigenvalue weighted by atomic mass is 15.1. The van der Waals surface area contributed by atoms with Crippen molar-refractivity contribution in [2.24, 2.45) is 22.6 Å². The number of guanidine groups is 1. The highest BCUT2D eigenvalue weighted by molar-refractivity contribution is 5.77. The molecule has 0 radical (unpaired) electrons. The predicted octanol–water partition coefficient (Wildman–Crippen LogP) is 2.06. The lowest BCUT2D eigenvalue weighted by atomic mass is 10.0. The number of nitrogens with one attached hydrogen (secondary N) is 1. The Morgan fingerprint density at radius 1 is 1.42 bits per heavy atom. The summed E-state index contributed by atoms with van der Waals surface area (Å²) in [6.07, 6.45) is 5.19. The molecule has 4 heteroatoms. The summed E-state index contributed by atoms with van der Waals surface area (Å²) in [5.41, 5.74) is 5.79. The molecular weight excluding hydrogens is 236 g/mol. The molecule has 0 aromatic rings. The molecule has 1 fully saturated rings. The molecule has 0 aliphatic carbocycles. The minimum absolute atomic E-state index is 0.571. The van der Waals surface area contributed by atoms with Gasteiger partial charge in [-0.3, -0.25) is 4.99 Å². The maximum Gasteiger partial charge on any atom is 0.188 e. The Bertz CT molecular complexity index is 263. The first kappa shape index (κ1) is 16.3. The third kappa shape index (κ3) is 8.09. The fraction of sp³-hybridized carbons (Fsp3) is 0.933. The molecule has 0 spiro atoms. The van der Waals surface area contributed by atoms with Crippen molar-refractivity contribution in [1.82, 2.24) is 10.2 Å². The molecule has 0 saturated carbocycles. The van der Waals surface area contributed by atoms with Crippen molar-refractivity contribution in [2.75, 3.05) is 32.7 Å². The number of rotatable bonds is 7. The van der Waals surface area contributed by atoms with Gasteiger partial charge in [-0.2, -0.15) is 0 Å². The van der Waals surface area contributed by atoms with Crippen LogP contribution in [0.25, 0.3) is 0 Å². The largest absolute Gasteiger partial charge is 0.370 e. The Morgan fingerprint density at radius 3 is 2.89 bits per heavy atom. The van der Waals surface area contributed by atoms with Crippen LogP contribution in [0, 0.1) is 11.8 Å². The fourth-order valence-corrected chi connectivity index (χ4v) is 2.50. The van der Waals surface area contributed by atoms with E-state index in [1.54, 1.807) is 0 Å². The van der Waals surface area contributed by atoms with Crippen molar-refractivity contribution >= 4 is 5.96 Å². The van der Waals surface area contributed by atoms with E-state index in [1.807, 2.05) is 0 Å². The van der Waals surface area contributed by atoms with Crippen LogP contribution in [0.2, 0.25) is 0 Å². The molecule has 0 bridgehead atoms. The van der Waals surface area contributed by atoms with Gasteiger partial charge in [-0.25, -0.2) is 0 Å². The van der Waals surface area contributed by atoms with Gasteiger partial charge in [0.2, 0.25) is 0 Å². The number of hydrogen-bond donors (Lipinski definition) is 2. The molecule has 1 atom stereocenters. The lowest BCUT2D eigenvalue weighted by Crippen LogP contribution is -2.36. The van der Waals surface area contributed by atoms with Gasteiger partial charge in [0.05, 0.1) is 0 Å². The van der Waals surface area contributed by atoms with Crippen LogP contribution in [0.4, 0.5) is 0 Å². The SMILES string of the molecule is CC(C)CN=C(N)NCCCCN1CCCC(C)C1. The molecule has 1 rings (SSSR count). The van der Waals surface area contributed by atoms with Crippen molar-refractivity contribution in [3.05, 3.63) is 0 Å². The van der Waals surface area contributed by atoms with Gasteiger partial charge in [-0.1, -0.05) is 20.8 Å². The second-order valence-electron chi connectivity index (χ2n) is 6.30. The van der Waals surface area contributed by atoms with Gasteiger partial charge in [-0.05, 0) is 50.6 Å². The van der Waals surface area contributed by atoms with E-state index in [-0.39, 0.29) is 0 Å². The van der Waals surface area contributed by atoms with E-state index >= 15 is 0 Å². The lowest BCUT2D eigenvalue weighted by molar-refractivity contribution is 0.181. The molecule has 0 aromatic carbocycles. The Hall–Kier alpha value is -0.770. The maximum atomic E-state index is 5.79. The predicted molar refractivity (Wildman–Crippen MR) is 83.4 cm³/mol. The van der Waals surface area contributed by atoms with Crippen LogP contribution in [-0.2, 0) is 0 Å². The zero-order valence-electron chi connectivity index (χ0n) is 13.0. The topological polar surface area (TPSA) is 53.6 Å². The Kier molecular flexibility index (Phi) is 7.87. The first-order valence-corrected chi connectivity index (χ1v) is 7.84. The van der Waals surface area contributed by atoms with E-state index in [0.717, 1.165) is 19.0 Å². The fourth-order valence-electron chi connectivity index (χ4n) is 2.50. The first-order valence-electron chi connectivity index (χ1n) is 7.84. The Balaban J connectivity index is 2.00. The van der Waals surface area contributed by atoms with E-state index in [0.29, 0.717) is 11.9 Å². The Morgan fingerprint density at radius 2 is 2.21 bits per heavy atom. The summed E-state index contributed by atoms with van der Waals surface area (Å²) in [5, 5.41) is 3.19. The van der Waals surface area contributed by atoms with Gasteiger partial charge in [-0.15, -0.1) is 0 Å². The van der Waals surface area contributed by atoms with Crippen LogP contribution in [0.1, 0.15) is 46.5 Å². The van der Waals surface area contributed by atoms with Gasteiger partial charge in [0, 0.05) is 19.6 Å². The summed E-state index contributed by atoms with van der Waals surface area (Å²) in [4.78, 5) is 6.90. The monoisotopic (exact) mass is 268 g/mol. The smallest absolute Gasteiger partial charge is 0.188 e. The standard InChI is InChI=1S/C15H32N4/c1-13(2)11-18-15(16)17-8-4-5-9-19-10-6-7-14(3)12-19/h13-14H,4-12H2,1-3H3,(H3,16,17,18). The van der Waals surface area contributed by atoms with Gasteiger partial charge >= 0.3 is 0 Å². The van der Waals surface area contributed by atoms with Crippen LogP contribution in [0.3, 0.4) is 0 Å². The molecule has 4 nitrogen and oxygen atoms in total. The van der Waals surface area contributed by atoms with Crippen molar-refractivity contribution < 1.29 is 0 Å². The van der Waals surface area contributed by atoms with Crippen molar-refractivity contribution in [3.63, 3.8) is 0 Å². The molecule has 1 saturated heterocycles. The second kappa shape index (κ2) is 9.18. The minimum Gasteiger partial charge on any atom is -0.370 e. The number of nitrogens with two attached hydrogens (primary N) is 1. The van der Waals surface area contributed by atoms with Gasteiger partial charge in [0.15, 0.2) is 5.96 Å². The maximum absolute atomic E-state index is 5.79. The Labute approximate surface area is 118 Å². The summed E-state index contributed by atoms with van der Waals surface area (Å²) in [6, 6.07) is 0. The van der Waals surface area contributed by atoms with E-state index < -0.39 is 0 Å². The quantitative estimate of drug-likeness (QED) is 0.422. The van der Waals surface area contributed by atoms with E-state index in [1.165, 1.54) is 45.3 Å². The molecule has 1 heterocycles. The molecule has 0 amide bonds. The molecular formula is C15H32N4. The number of aliphatic imine (C=N–C) groups is 1. The van der Waals surface area contributed by atoms with Gasteiger partial charge < -0.3 is 16.0 Å². The summed E-state index contributed by atoms with van der Waals surface area (Å²) >= 11 is 0. The number of nitrogens with zero attached hydrogens (tertiary/aromatic N) is 2. The average molecular weight is 268 g/mol. The molecule has 3 N–H and O–H groups in total.